The zero-order valence-electron chi connectivity index (χ0n) is 13.6. The summed E-state index contributed by atoms with van der Waals surface area (Å²) in [5.74, 6) is 1.21. The van der Waals surface area contributed by atoms with Gasteiger partial charge in [-0.2, -0.15) is 4.68 Å². The molecule has 0 unspecified atom stereocenters. The van der Waals surface area contributed by atoms with E-state index >= 15 is 0 Å². The molecule has 0 aliphatic rings. The van der Waals surface area contributed by atoms with Crippen LogP contribution in [0.15, 0.2) is 0 Å². The molecule has 0 aromatic carbocycles. The third-order valence-corrected chi connectivity index (χ3v) is 4.43. The van der Waals surface area contributed by atoms with Crippen LogP contribution < -0.4 is 4.57 Å². The van der Waals surface area contributed by atoms with Crippen LogP contribution in [0.1, 0.15) is 77.0 Å². The van der Waals surface area contributed by atoms with Crippen LogP contribution in [0, 0.1) is 11.7 Å². The fourth-order valence-electron chi connectivity index (χ4n) is 2.63. The number of H-pyrrole nitrogens is 1. The van der Waals surface area contributed by atoms with Crippen molar-refractivity contribution in [1.29, 1.82) is 0 Å². The van der Waals surface area contributed by atoms with Gasteiger partial charge in [-0.05, 0) is 18.6 Å². The van der Waals surface area contributed by atoms with Crippen LogP contribution in [-0.4, -0.2) is 9.78 Å². The molecule has 0 aliphatic carbocycles. The van der Waals surface area contributed by atoms with Crippen LogP contribution in [0.4, 0.5) is 0 Å². The van der Waals surface area contributed by atoms with Crippen molar-refractivity contribution in [2.45, 2.75) is 84.6 Å². The summed E-state index contributed by atoms with van der Waals surface area (Å²) in [6.07, 6.45) is 13.8. The Kier molecular flexibility index (Phi) is 8.83. The molecule has 0 spiro atoms. The van der Waals surface area contributed by atoms with E-state index in [-0.39, 0.29) is 0 Å². The van der Waals surface area contributed by atoms with Crippen molar-refractivity contribution in [2.24, 2.45) is 7.05 Å². The Morgan fingerprint density at radius 3 is 1.90 bits per heavy atom. The summed E-state index contributed by atoms with van der Waals surface area (Å²) in [5.41, 5.74) is 0. The maximum absolute atomic E-state index is 5.32. The molecule has 20 heavy (non-hydrogen) atoms. The number of hydrogen-bond acceptors (Lipinski definition) is 1. The molecule has 1 aromatic rings. The maximum Gasteiger partial charge on any atom is 0.323 e. The van der Waals surface area contributed by atoms with Crippen molar-refractivity contribution in [3.05, 3.63) is 10.6 Å². The quantitative estimate of drug-likeness (QED) is 0.360. The molecule has 0 saturated heterocycles. The van der Waals surface area contributed by atoms with Gasteiger partial charge in [0, 0.05) is 6.92 Å². The van der Waals surface area contributed by atoms with E-state index in [9.17, 15) is 0 Å². The highest BCUT2D eigenvalue weighted by atomic mass is 32.1. The van der Waals surface area contributed by atoms with Gasteiger partial charge in [-0.25, -0.2) is 4.57 Å². The molecule has 1 aromatic heterocycles. The fourth-order valence-corrected chi connectivity index (χ4v) is 2.99. The van der Waals surface area contributed by atoms with Crippen LogP contribution >= 0.6 is 12.2 Å². The lowest BCUT2D eigenvalue weighted by molar-refractivity contribution is -0.710. The third kappa shape index (κ3) is 6.21. The molecule has 0 saturated carbocycles. The maximum atomic E-state index is 5.32. The molecule has 1 rings (SSSR count). The number of rotatable bonds is 11. The number of aromatic nitrogens is 3. The van der Waals surface area contributed by atoms with Crippen LogP contribution in [0.2, 0.25) is 0 Å². The van der Waals surface area contributed by atoms with Gasteiger partial charge < -0.3 is 0 Å². The van der Waals surface area contributed by atoms with E-state index in [0.717, 1.165) is 11.3 Å². The van der Waals surface area contributed by atoms with Crippen molar-refractivity contribution in [3.8, 4) is 0 Å². The second kappa shape index (κ2) is 10.1. The number of unbranched alkanes of at least 4 members (excludes halogenated alkanes) is 9. The first kappa shape index (κ1) is 17.4. The first-order chi connectivity index (χ1) is 9.66. The number of aryl methyl sites for hydroxylation is 1. The lowest BCUT2D eigenvalue weighted by Crippen LogP contribution is -2.36. The Morgan fingerprint density at radius 1 is 0.950 bits per heavy atom. The van der Waals surface area contributed by atoms with Crippen LogP contribution in [-0.2, 0) is 13.6 Å². The van der Waals surface area contributed by atoms with Gasteiger partial charge in [-0.1, -0.05) is 64.7 Å². The molecule has 116 valence electrons. The summed E-state index contributed by atoms with van der Waals surface area (Å²) in [5, 5.41) is 3.16. The summed E-state index contributed by atoms with van der Waals surface area (Å²) < 4.78 is 5.06. The van der Waals surface area contributed by atoms with E-state index in [0.29, 0.717) is 0 Å². The summed E-state index contributed by atoms with van der Waals surface area (Å²) in [6, 6.07) is 0. The average Bonchev–Trinajstić information content (AvgIpc) is 2.67. The third-order valence-electron chi connectivity index (χ3n) is 4.12. The summed E-state index contributed by atoms with van der Waals surface area (Å²) >= 11 is 5.32. The van der Waals surface area contributed by atoms with Gasteiger partial charge in [0.25, 0.3) is 0 Å². The molecule has 0 aliphatic heterocycles. The molecule has 0 radical (unpaired) electrons. The Morgan fingerprint density at radius 2 is 1.45 bits per heavy atom. The second-order valence-corrected chi connectivity index (χ2v) is 6.24. The van der Waals surface area contributed by atoms with Gasteiger partial charge in [0.05, 0.1) is 13.6 Å². The zero-order chi connectivity index (χ0) is 14.8. The number of aromatic amines is 1. The van der Waals surface area contributed by atoms with Gasteiger partial charge in [-0.15, -0.1) is 5.10 Å². The minimum Gasteiger partial charge on any atom is -0.222 e. The number of nitrogens with zero attached hydrogens (tertiary/aromatic N) is 2. The van der Waals surface area contributed by atoms with Crippen LogP contribution in [0.25, 0.3) is 0 Å². The van der Waals surface area contributed by atoms with Gasteiger partial charge in [0.2, 0.25) is 5.82 Å². The van der Waals surface area contributed by atoms with E-state index in [1.165, 1.54) is 70.0 Å². The number of hydrogen-bond donors (Lipinski definition) is 1. The molecule has 1 heterocycles. The Bertz CT molecular complexity index is 420. The molecule has 0 amide bonds. The SMILES string of the molecule is CCCCCCCCCCCC[n+]1c(C)n(C)[nH]c1=S. The van der Waals surface area contributed by atoms with Gasteiger partial charge in [0.1, 0.15) is 0 Å². The molecular weight excluding hydrogens is 266 g/mol. The largest absolute Gasteiger partial charge is 0.323 e. The molecule has 3 nitrogen and oxygen atoms in total. The average molecular weight is 299 g/mol. The number of nitrogens with one attached hydrogen (secondary N) is 1. The standard InChI is InChI=1S/C16H31N3S/c1-4-5-6-7-8-9-10-11-12-13-14-19-15(2)18(3)17-16(19)20/h4-14H2,1-3H3/p+1. The van der Waals surface area contributed by atoms with E-state index in [1.54, 1.807) is 0 Å². The minimum absolute atomic E-state index is 0.848. The smallest absolute Gasteiger partial charge is 0.222 e. The lowest BCUT2D eigenvalue weighted by Gasteiger charge is -2.02. The van der Waals surface area contributed by atoms with Crippen molar-refractivity contribution in [1.82, 2.24) is 9.78 Å². The molecule has 0 fully saturated rings. The highest BCUT2D eigenvalue weighted by molar-refractivity contribution is 7.71. The van der Waals surface area contributed by atoms with Crippen LogP contribution in [0.5, 0.6) is 0 Å². The molecule has 0 atom stereocenters. The zero-order valence-corrected chi connectivity index (χ0v) is 14.4. The fraction of sp³-hybridized carbons (Fsp3) is 0.875. The summed E-state index contributed by atoms with van der Waals surface area (Å²) in [6.45, 7) is 5.44. The highest BCUT2D eigenvalue weighted by Gasteiger charge is 2.10. The molecule has 0 bridgehead atoms. The second-order valence-electron chi connectivity index (χ2n) is 5.86. The Balaban J connectivity index is 2.01. The van der Waals surface area contributed by atoms with Crippen molar-refractivity contribution < 1.29 is 4.57 Å². The van der Waals surface area contributed by atoms with Crippen LogP contribution in [0.3, 0.4) is 0 Å². The normalized spacial score (nSPS) is 11.2. The van der Waals surface area contributed by atoms with E-state index in [4.69, 9.17) is 12.2 Å². The first-order valence-corrected chi connectivity index (χ1v) is 8.73. The molecule has 1 N–H and O–H groups in total. The Labute approximate surface area is 129 Å². The van der Waals surface area contributed by atoms with Gasteiger partial charge in [0.15, 0.2) is 0 Å². The topological polar surface area (TPSA) is 24.6 Å². The Hall–Kier alpha value is -0.640. The predicted octanol–water partition coefficient (Wildman–Crippen LogP) is 4.60. The summed E-state index contributed by atoms with van der Waals surface area (Å²) in [4.78, 5) is 0. The van der Waals surface area contributed by atoms with Crippen molar-refractivity contribution in [2.75, 3.05) is 0 Å². The first-order valence-electron chi connectivity index (χ1n) is 8.32. The monoisotopic (exact) mass is 298 g/mol. The van der Waals surface area contributed by atoms with E-state index < -0.39 is 0 Å². The molecular formula is C16H32N3S+. The van der Waals surface area contributed by atoms with Gasteiger partial charge >= 0.3 is 4.77 Å². The molecule has 4 heteroatoms. The summed E-state index contributed by atoms with van der Waals surface area (Å²) in [7, 11) is 2.01. The highest BCUT2D eigenvalue weighted by Crippen LogP contribution is 2.10. The van der Waals surface area contributed by atoms with Crippen molar-refractivity contribution >= 4 is 12.2 Å². The predicted molar refractivity (Wildman–Crippen MR) is 87.4 cm³/mol. The van der Waals surface area contributed by atoms with Gasteiger partial charge in [-0.3, -0.25) is 0 Å². The van der Waals surface area contributed by atoms with E-state index in [2.05, 4.69) is 23.5 Å². The van der Waals surface area contributed by atoms with Crippen molar-refractivity contribution in [3.63, 3.8) is 0 Å². The van der Waals surface area contributed by atoms with E-state index in [1.807, 2.05) is 11.7 Å². The lowest BCUT2D eigenvalue weighted by atomic mass is 10.1. The minimum atomic E-state index is 0.848.